The maximum Gasteiger partial charge on any atom is 0.224 e. The highest BCUT2D eigenvalue weighted by Crippen LogP contribution is 2.13. The number of nitrogens with one attached hydrogen (secondary N) is 1. The maximum atomic E-state index is 12.0. The van der Waals surface area contributed by atoms with Crippen molar-refractivity contribution in [1.82, 2.24) is 10.2 Å². The van der Waals surface area contributed by atoms with Crippen LogP contribution in [0.1, 0.15) is 35.1 Å². The molecule has 1 amide bonds. The average Bonchev–Trinajstić information content (AvgIpc) is 3.09. The van der Waals surface area contributed by atoms with Gasteiger partial charge in [-0.3, -0.25) is 9.69 Å². The molecule has 0 bridgehead atoms. The molecule has 0 aromatic heterocycles. The molecule has 3 rings (SSSR count). The summed E-state index contributed by atoms with van der Waals surface area (Å²) in [5, 5.41) is 3.01. The van der Waals surface area contributed by atoms with Crippen LogP contribution in [0.5, 0.6) is 0 Å². The van der Waals surface area contributed by atoms with Crippen LogP contribution in [0.3, 0.4) is 0 Å². The molecule has 1 N–H and O–H groups in total. The van der Waals surface area contributed by atoms with Crippen molar-refractivity contribution in [3.63, 3.8) is 0 Å². The lowest BCUT2D eigenvalue weighted by atomic mass is 10.1. The van der Waals surface area contributed by atoms with Gasteiger partial charge in [-0.1, -0.05) is 54.1 Å². The zero-order valence-corrected chi connectivity index (χ0v) is 14.4. The number of carbonyl (C=O) groups excluding carboxylic acids is 1. The van der Waals surface area contributed by atoms with Gasteiger partial charge < -0.3 is 5.32 Å². The molecule has 2 aromatic rings. The summed E-state index contributed by atoms with van der Waals surface area (Å²) in [6.07, 6.45) is 3.09. The smallest absolute Gasteiger partial charge is 0.224 e. The van der Waals surface area contributed by atoms with Crippen LogP contribution in [0.2, 0.25) is 0 Å². The van der Waals surface area contributed by atoms with E-state index in [1.807, 2.05) is 24.3 Å². The molecule has 0 saturated carbocycles. The third-order valence-corrected chi connectivity index (χ3v) is 4.60. The lowest BCUT2D eigenvalue weighted by molar-refractivity contribution is -0.120. The van der Waals surface area contributed by atoms with Gasteiger partial charge in [-0.25, -0.2) is 0 Å². The van der Waals surface area contributed by atoms with E-state index >= 15 is 0 Å². The minimum Gasteiger partial charge on any atom is -0.352 e. The van der Waals surface area contributed by atoms with Crippen LogP contribution in [0.4, 0.5) is 0 Å². The number of hydrogen-bond donors (Lipinski definition) is 1. The molecule has 126 valence electrons. The van der Waals surface area contributed by atoms with Crippen LogP contribution in [0, 0.1) is 6.92 Å². The Morgan fingerprint density at radius 1 is 0.917 bits per heavy atom. The van der Waals surface area contributed by atoms with E-state index in [0.29, 0.717) is 13.0 Å². The molecule has 0 radical (unpaired) electrons. The molecule has 0 atom stereocenters. The van der Waals surface area contributed by atoms with Gasteiger partial charge in [-0.15, -0.1) is 0 Å². The van der Waals surface area contributed by atoms with E-state index < -0.39 is 0 Å². The quantitative estimate of drug-likeness (QED) is 0.883. The lowest BCUT2D eigenvalue weighted by Crippen LogP contribution is -2.24. The van der Waals surface area contributed by atoms with Gasteiger partial charge in [0.25, 0.3) is 0 Å². The van der Waals surface area contributed by atoms with Crippen molar-refractivity contribution in [1.29, 1.82) is 0 Å². The van der Waals surface area contributed by atoms with Gasteiger partial charge in [0.05, 0.1) is 6.42 Å². The first kappa shape index (κ1) is 16.7. The molecule has 3 nitrogen and oxygen atoms in total. The average molecular weight is 322 g/mol. The highest BCUT2D eigenvalue weighted by molar-refractivity contribution is 5.78. The van der Waals surface area contributed by atoms with Gasteiger partial charge in [0.1, 0.15) is 0 Å². The Bertz CT molecular complexity index is 655. The van der Waals surface area contributed by atoms with Crippen molar-refractivity contribution in [2.45, 2.75) is 39.3 Å². The topological polar surface area (TPSA) is 32.3 Å². The van der Waals surface area contributed by atoms with Gasteiger partial charge in [-0.05, 0) is 49.5 Å². The highest BCUT2D eigenvalue weighted by Gasteiger charge is 2.11. The molecule has 1 fully saturated rings. The Kier molecular flexibility index (Phi) is 5.65. The predicted octanol–water partition coefficient (Wildman–Crippen LogP) is 3.45. The Hall–Kier alpha value is -2.13. The van der Waals surface area contributed by atoms with Gasteiger partial charge in [0, 0.05) is 13.1 Å². The van der Waals surface area contributed by atoms with Gasteiger partial charge in [-0.2, -0.15) is 0 Å². The standard InChI is InChI=1S/C21H26N2O/c1-17-4-6-18(7-5-17)14-21(24)22-15-19-8-10-20(11-9-19)16-23-12-2-3-13-23/h4-11H,2-3,12-16H2,1H3,(H,22,24). The maximum absolute atomic E-state index is 12.0. The Morgan fingerprint density at radius 2 is 1.50 bits per heavy atom. The highest BCUT2D eigenvalue weighted by atomic mass is 16.1. The number of carbonyl (C=O) groups is 1. The van der Waals surface area contributed by atoms with E-state index in [0.717, 1.165) is 17.7 Å². The Morgan fingerprint density at radius 3 is 2.17 bits per heavy atom. The Labute approximate surface area is 144 Å². The predicted molar refractivity (Wildman–Crippen MR) is 97.7 cm³/mol. The van der Waals surface area contributed by atoms with Crippen LogP contribution < -0.4 is 5.32 Å². The van der Waals surface area contributed by atoms with E-state index in [2.05, 4.69) is 41.4 Å². The fourth-order valence-electron chi connectivity index (χ4n) is 3.12. The van der Waals surface area contributed by atoms with E-state index in [-0.39, 0.29) is 5.91 Å². The summed E-state index contributed by atoms with van der Waals surface area (Å²) in [6.45, 7) is 6.12. The van der Waals surface area contributed by atoms with E-state index in [4.69, 9.17) is 0 Å². The second-order valence-electron chi connectivity index (χ2n) is 6.74. The fourth-order valence-corrected chi connectivity index (χ4v) is 3.12. The molecule has 1 aliphatic heterocycles. The first-order valence-electron chi connectivity index (χ1n) is 8.81. The molecule has 24 heavy (non-hydrogen) atoms. The lowest BCUT2D eigenvalue weighted by Gasteiger charge is -2.14. The van der Waals surface area contributed by atoms with E-state index in [1.54, 1.807) is 0 Å². The third-order valence-electron chi connectivity index (χ3n) is 4.60. The number of nitrogens with zero attached hydrogens (tertiary/aromatic N) is 1. The minimum atomic E-state index is 0.0694. The van der Waals surface area contributed by atoms with Crippen LogP contribution in [0.15, 0.2) is 48.5 Å². The minimum absolute atomic E-state index is 0.0694. The van der Waals surface area contributed by atoms with Gasteiger partial charge in [0.15, 0.2) is 0 Å². The zero-order valence-electron chi connectivity index (χ0n) is 14.4. The monoisotopic (exact) mass is 322 g/mol. The van der Waals surface area contributed by atoms with Crippen LogP contribution in [0.25, 0.3) is 0 Å². The van der Waals surface area contributed by atoms with Crippen LogP contribution >= 0.6 is 0 Å². The second kappa shape index (κ2) is 8.11. The number of aryl methyl sites for hydroxylation is 1. The Balaban J connectivity index is 1.45. The number of benzene rings is 2. The summed E-state index contributed by atoms with van der Waals surface area (Å²) in [5.41, 5.74) is 4.77. The summed E-state index contributed by atoms with van der Waals surface area (Å²) < 4.78 is 0. The van der Waals surface area contributed by atoms with Crippen molar-refractivity contribution in [3.05, 3.63) is 70.8 Å². The molecular weight excluding hydrogens is 296 g/mol. The number of likely N-dealkylation sites (tertiary alicyclic amines) is 1. The van der Waals surface area contributed by atoms with Gasteiger partial charge >= 0.3 is 0 Å². The van der Waals surface area contributed by atoms with E-state index in [1.165, 1.54) is 37.1 Å². The molecule has 1 aliphatic rings. The number of rotatable bonds is 6. The summed E-state index contributed by atoms with van der Waals surface area (Å²) in [5.74, 6) is 0.0694. The first-order chi connectivity index (χ1) is 11.7. The molecule has 0 unspecified atom stereocenters. The molecule has 3 heteroatoms. The van der Waals surface area contributed by atoms with Crippen LogP contribution in [-0.4, -0.2) is 23.9 Å². The molecule has 2 aromatic carbocycles. The SMILES string of the molecule is Cc1ccc(CC(=O)NCc2ccc(CN3CCCC3)cc2)cc1. The first-order valence-corrected chi connectivity index (χ1v) is 8.81. The molecule has 1 heterocycles. The summed E-state index contributed by atoms with van der Waals surface area (Å²) in [4.78, 5) is 14.5. The van der Waals surface area contributed by atoms with Crippen molar-refractivity contribution >= 4 is 5.91 Å². The molecule has 1 saturated heterocycles. The second-order valence-corrected chi connectivity index (χ2v) is 6.74. The number of amides is 1. The van der Waals surface area contributed by atoms with Gasteiger partial charge in [0.2, 0.25) is 5.91 Å². The summed E-state index contributed by atoms with van der Waals surface area (Å²) in [6, 6.07) is 16.7. The van der Waals surface area contributed by atoms with Crippen molar-refractivity contribution in [3.8, 4) is 0 Å². The zero-order chi connectivity index (χ0) is 16.8. The molecule has 0 spiro atoms. The summed E-state index contributed by atoms with van der Waals surface area (Å²) in [7, 11) is 0. The van der Waals surface area contributed by atoms with Crippen molar-refractivity contribution in [2.24, 2.45) is 0 Å². The molecular formula is C21H26N2O. The number of hydrogen-bond acceptors (Lipinski definition) is 2. The van der Waals surface area contributed by atoms with Crippen molar-refractivity contribution in [2.75, 3.05) is 13.1 Å². The summed E-state index contributed by atoms with van der Waals surface area (Å²) >= 11 is 0. The normalized spacial score (nSPS) is 14.7. The van der Waals surface area contributed by atoms with Crippen molar-refractivity contribution < 1.29 is 4.79 Å². The fraction of sp³-hybridized carbons (Fsp3) is 0.381. The largest absolute Gasteiger partial charge is 0.352 e. The molecule has 0 aliphatic carbocycles. The van der Waals surface area contributed by atoms with Crippen LogP contribution in [-0.2, 0) is 24.3 Å². The van der Waals surface area contributed by atoms with E-state index in [9.17, 15) is 4.79 Å². The third kappa shape index (κ3) is 4.93.